The number of rotatable bonds is 2. The first-order valence-electron chi connectivity index (χ1n) is 6.25. The van der Waals surface area contributed by atoms with Gasteiger partial charge in [0.2, 0.25) is 0 Å². The van der Waals surface area contributed by atoms with Gasteiger partial charge in [0.15, 0.2) is 5.78 Å². The van der Waals surface area contributed by atoms with Gasteiger partial charge in [-0.05, 0) is 30.7 Å². The van der Waals surface area contributed by atoms with Gasteiger partial charge >= 0.3 is 0 Å². The van der Waals surface area contributed by atoms with Crippen molar-refractivity contribution in [1.29, 1.82) is 0 Å². The molecule has 2 aromatic carbocycles. The van der Waals surface area contributed by atoms with Crippen molar-refractivity contribution >= 4 is 39.9 Å². The molecule has 1 heterocycles. The van der Waals surface area contributed by atoms with Crippen LogP contribution in [0.2, 0.25) is 10.0 Å². The predicted octanol–water partition coefficient (Wildman–Crippen LogP) is 5.15. The van der Waals surface area contributed by atoms with Gasteiger partial charge in [-0.3, -0.25) is 4.79 Å². The average Bonchev–Trinajstić information content (AvgIpc) is 2.85. The number of H-pyrrole nitrogens is 1. The summed E-state index contributed by atoms with van der Waals surface area (Å²) in [6.07, 6.45) is 1.52. The summed E-state index contributed by atoms with van der Waals surface area (Å²) in [4.78, 5) is 15.5. The summed E-state index contributed by atoms with van der Waals surface area (Å²) in [6, 6.07) is 7.97. The van der Waals surface area contributed by atoms with Crippen molar-refractivity contribution in [2.75, 3.05) is 0 Å². The molecule has 3 rings (SSSR count). The number of aromatic nitrogens is 1. The molecule has 21 heavy (non-hydrogen) atoms. The topological polar surface area (TPSA) is 32.9 Å². The Hall–Kier alpha value is -1.84. The van der Waals surface area contributed by atoms with Crippen LogP contribution in [0.3, 0.4) is 0 Å². The zero-order chi connectivity index (χ0) is 15.1. The van der Waals surface area contributed by atoms with Crippen LogP contribution < -0.4 is 0 Å². The molecule has 0 aliphatic carbocycles. The van der Waals surface area contributed by atoms with Gasteiger partial charge in [0.25, 0.3) is 0 Å². The van der Waals surface area contributed by atoms with Crippen LogP contribution in [0.5, 0.6) is 0 Å². The van der Waals surface area contributed by atoms with Crippen molar-refractivity contribution in [3.63, 3.8) is 0 Å². The van der Waals surface area contributed by atoms with Crippen LogP contribution in [0.15, 0.2) is 36.5 Å². The summed E-state index contributed by atoms with van der Waals surface area (Å²) in [5.74, 6) is -0.923. The molecule has 0 aliphatic heterocycles. The molecule has 0 spiro atoms. The quantitative estimate of drug-likeness (QED) is 0.650. The number of aromatic amines is 1. The summed E-state index contributed by atoms with van der Waals surface area (Å²) in [5.41, 5.74) is 1.43. The minimum absolute atomic E-state index is 0.0296. The van der Waals surface area contributed by atoms with Crippen LogP contribution in [-0.2, 0) is 0 Å². The second-order valence-electron chi connectivity index (χ2n) is 4.78. The van der Waals surface area contributed by atoms with Gasteiger partial charge in [-0.1, -0.05) is 35.3 Å². The van der Waals surface area contributed by atoms with Crippen molar-refractivity contribution in [2.45, 2.75) is 6.92 Å². The Kier molecular flexibility index (Phi) is 3.47. The number of carbonyl (C=O) groups is 1. The second kappa shape index (κ2) is 5.17. The third kappa shape index (κ3) is 2.33. The fraction of sp³-hybridized carbons (Fsp3) is 0.0625. The molecule has 0 amide bonds. The summed E-state index contributed by atoms with van der Waals surface area (Å²) >= 11 is 12.1. The maximum absolute atomic E-state index is 14.1. The molecular formula is C16H10Cl2FNO. The lowest BCUT2D eigenvalue weighted by Crippen LogP contribution is -2.05. The fourth-order valence-corrected chi connectivity index (χ4v) is 2.93. The van der Waals surface area contributed by atoms with Gasteiger partial charge in [0, 0.05) is 27.7 Å². The Labute approximate surface area is 130 Å². The highest BCUT2D eigenvalue weighted by Gasteiger charge is 2.20. The van der Waals surface area contributed by atoms with Crippen molar-refractivity contribution in [2.24, 2.45) is 0 Å². The van der Waals surface area contributed by atoms with Crippen LogP contribution in [0.1, 0.15) is 21.5 Å². The van der Waals surface area contributed by atoms with Crippen LogP contribution in [0.25, 0.3) is 10.9 Å². The van der Waals surface area contributed by atoms with E-state index in [1.807, 2.05) is 0 Å². The average molecular weight is 322 g/mol. The molecule has 0 saturated carbocycles. The van der Waals surface area contributed by atoms with Crippen LogP contribution in [0.4, 0.5) is 4.39 Å². The van der Waals surface area contributed by atoms with Gasteiger partial charge in [-0.2, -0.15) is 0 Å². The number of ketones is 1. The molecule has 0 fully saturated rings. The van der Waals surface area contributed by atoms with E-state index in [1.54, 1.807) is 31.2 Å². The Morgan fingerprint density at radius 1 is 1.19 bits per heavy atom. The Morgan fingerprint density at radius 2 is 1.95 bits per heavy atom. The van der Waals surface area contributed by atoms with E-state index >= 15 is 0 Å². The SMILES string of the molecule is Cc1cccc(C(=O)c2c[nH]c3cc(Cl)cc(Cl)c23)c1F. The first-order valence-corrected chi connectivity index (χ1v) is 7.00. The minimum atomic E-state index is -0.512. The number of aryl methyl sites for hydroxylation is 1. The zero-order valence-corrected chi connectivity index (χ0v) is 12.5. The van der Waals surface area contributed by atoms with E-state index in [4.69, 9.17) is 23.2 Å². The Balaban J connectivity index is 2.21. The van der Waals surface area contributed by atoms with E-state index in [2.05, 4.69) is 4.98 Å². The Bertz CT molecular complexity index is 870. The van der Waals surface area contributed by atoms with Gasteiger partial charge < -0.3 is 4.98 Å². The number of hydrogen-bond donors (Lipinski definition) is 1. The van der Waals surface area contributed by atoms with E-state index in [1.165, 1.54) is 12.3 Å². The largest absolute Gasteiger partial charge is 0.360 e. The summed E-state index contributed by atoms with van der Waals surface area (Å²) in [6.45, 7) is 1.62. The van der Waals surface area contributed by atoms with E-state index < -0.39 is 11.6 Å². The minimum Gasteiger partial charge on any atom is -0.360 e. The van der Waals surface area contributed by atoms with Crippen molar-refractivity contribution in [3.8, 4) is 0 Å². The number of carbonyl (C=O) groups excluding carboxylic acids is 1. The molecule has 5 heteroatoms. The predicted molar refractivity (Wildman–Crippen MR) is 82.9 cm³/mol. The van der Waals surface area contributed by atoms with E-state index in [-0.39, 0.29) is 5.56 Å². The van der Waals surface area contributed by atoms with Gasteiger partial charge in [-0.25, -0.2) is 4.39 Å². The zero-order valence-electron chi connectivity index (χ0n) is 11.0. The number of hydrogen-bond acceptors (Lipinski definition) is 1. The molecule has 3 aromatic rings. The monoisotopic (exact) mass is 321 g/mol. The third-order valence-electron chi connectivity index (χ3n) is 3.38. The van der Waals surface area contributed by atoms with Crippen LogP contribution in [0, 0.1) is 12.7 Å². The maximum atomic E-state index is 14.1. The van der Waals surface area contributed by atoms with Crippen LogP contribution in [-0.4, -0.2) is 10.8 Å². The molecule has 0 atom stereocenters. The first kappa shape index (κ1) is 14.1. The van der Waals surface area contributed by atoms with Crippen molar-refractivity contribution in [3.05, 3.63) is 69.1 Å². The second-order valence-corrected chi connectivity index (χ2v) is 5.62. The van der Waals surface area contributed by atoms with Gasteiger partial charge in [0.05, 0.1) is 10.6 Å². The highest BCUT2D eigenvalue weighted by Crippen LogP contribution is 2.32. The first-order chi connectivity index (χ1) is 9.99. The summed E-state index contributed by atoms with van der Waals surface area (Å²) in [7, 11) is 0. The van der Waals surface area contributed by atoms with Gasteiger partial charge in [-0.15, -0.1) is 0 Å². The summed E-state index contributed by atoms with van der Waals surface area (Å²) < 4.78 is 14.1. The number of halogens is 3. The molecule has 1 aromatic heterocycles. The lowest BCUT2D eigenvalue weighted by Gasteiger charge is -2.05. The van der Waals surface area contributed by atoms with Crippen molar-refractivity contribution in [1.82, 2.24) is 4.98 Å². The number of nitrogens with one attached hydrogen (secondary N) is 1. The summed E-state index contributed by atoms with van der Waals surface area (Å²) in [5, 5.41) is 1.37. The maximum Gasteiger partial charge on any atom is 0.198 e. The lowest BCUT2D eigenvalue weighted by atomic mass is 10.0. The van der Waals surface area contributed by atoms with E-state index in [0.29, 0.717) is 32.1 Å². The Morgan fingerprint density at radius 3 is 2.71 bits per heavy atom. The van der Waals surface area contributed by atoms with E-state index in [9.17, 15) is 9.18 Å². The van der Waals surface area contributed by atoms with Gasteiger partial charge in [0.1, 0.15) is 5.82 Å². The third-order valence-corrected chi connectivity index (χ3v) is 3.89. The highest BCUT2D eigenvalue weighted by molar-refractivity contribution is 6.40. The van der Waals surface area contributed by atoms with Crippen molar-refractivity contribution < 1.29 is 9.18 Å². The molecule has 2 nitrogen and oxygen atoms in total. The standard InChI is InChI=1S/C16H10Cl2FNO/c1-8-3-2-4-10(15(8)19)16(21)11-7-20-13-6-9(17)5-12(18)14(11)13/h2-7,20H,1H3. The molecule has 0 radical (unpaired) electrons. The highest BCUT2D eigenvalue weighted by atomic mass is 35.5. The molecule has 0 aliphatic rings. The molecule has 106 valence electrons. The molecule has 0 unspecified atom stereocenters. The molecule has 1 N–H and O–H groups in total. The number of benzene rings is 2. The normalized spacial score (nSPS) is 11.0. The smallest absolute Gasteiger partial charge is 0.198 e. The number of fused-ring (bicyclic) bond motifs is 1. The van der Waals surface area contributed by atoms with Crippen LogP contribution >= 0.6 is 23.2 Å². The van der Waals surface area contributed by atoms with E-state index in [0.717, 1.165) is 0 Å². The lowest BCUT2D eigenvalue weighted by molar-refractivity contribution is 0.103. The fourth-order valence-electron chi connectivity index (χ4n) is 2.33. The molecule has 0 bridgehead atoms. The molecular weight excluding hydrogens is 312 g/mol. The molecule has 0 saturated heterocycles.